The van der Waals surface area contributed by atoms with Crippen molar-refractivity contribution >= 4 is 7.14 Å². The van der Waals surface area contributed by atoms with Crippen LogP contribution in [0.5, 0.6) is 0 Å². The van der Waals surface area contributed by atoms with E-state index in [4.69, 9.17) is 10.2 Å². The van der Waals surface area contributed by atoms with Crippen molar-refractivity contribution in [3.63, 3.8) is 0 Å². The Labute approximate surface area is 138 Å². The predicted octanol–water partition coefficient (Wildman–Crippen LogP) is 3.25. The number of aliphatic hydroxyl groups excluding tert-OH is 2. The molecule has 0 bridgehead atoms. The van der Waals surface area contributed by atoms with Gasteiger partial charge in [-0.1, -0.05) is 67.6 Å². The van der Waals surface area contributed by atoms with Crippen LogP contribution in [-0.4, -0.2) is 29.1 Å². The van der Waals surface area contributed by atoms with Crippen LogP contribution in [0.25, 0.3) is 0 Å². The minimum absolute atomic E-state index is 0.375. The molecule has 0 radical (unpaired) electrons. The molecule has 0 aliphatic carbocycles. The number of hydrogen-bond acceptors (Lipinski definition) is 4. The first-order valence-corrected chi connectivity index (χ1v) is 9.97. The topological polar surface area (TPSA) is 69.6 Å². The standard InChI is InChI=1S/C14H15N.C4H11O3P/c1-3-7-13(8-4-1)11-15-12-14-9-5-2-6-10-14;1-2-8(7,3-5)4-6/h1-10,15H,11-12H2;5-6H,2-4H2,1H3. The van der Waals surface area contributed by atoms with Crippen molar-refractivity contribution in [3.05, 3.63) is 71.8 Å². The smallest absolute Gasteiger partial charge is 0.135 e. The van der Waals surface area contributed by atoms with Crippen LogP contribution in [-0.2, 0) is 17.7 Å². The molecule has 0 amide bonds. The van der Waals surface area contributed by atoms with Crippen LogP contribution >= 0.6 is 7.14 Å². The zero-order chi connectivity index (χ0) is 17.0. The lowest BCUT2D eigenvalue weighted by molar-refractivity contribution is 0.325. The Morgan fingerprint density at radius 2 is 1.22 bits per heavy atom. The maximum atomic E-state index is 10.8. The molecule has 4 nitrogen and oxygen atoms in total. The second kappa shape index (κ2) is 11.1. The fraction of sp³-hybridized carbons (Fsp3) is 0.333. The minimum Gasteiger partial charge on any atom is -0.389 e. The van der Waals surface area contributed by atoms with Gasteiger partial charge in [0.2, 0.25) is 0 Å². The zero-order valence-electron chi connectivity index (χ0n) is 13.6. The summed E-state index contributed by atoms with van der Waals surface area (Å²) in [7, 11) is -2.55. The molecule has 126 valence electrons. The molecule has 3 N–H and O–H groups in total. The Bertz CT molecular complexity index is 517. The molecule has 2 aromatic rings. The van der Waals surface area contributed by atoms with Gasteiger partial charge >= 0.3 is 0 Å². The van der Waals surface area contributed by atoms with E-state index in [0.717, 1.165) is 13.1 Å². The summed E-state index contributed by atoms with van der Waals surface area (Å²) in [4.78, 5) is 0. The average molecular weight is 335 g/mol. The van der Waals surface area contributed by atoms with Crippen molar-refractivity contribution in [3.8, 4) is 0 Å². The summed E-state index contributed by atoms with van der Waals surface area (Å²) in [5.41, 5.74) is 2.65. The Morgan fingerprint density at radius 3 is 1.48 bits per heavy atom. The normalized spacial score (nSPS) is 10.7. The van der Waals surface area contributed by atoms with Gasteiger partial charge in [0, 0.05) is 19.3 Å². The zero-order valence-corrected chi connectivity index (χ0v) is 14.5. The predicted molar refractivity (Wildman–Crippen MR) is 95.7 cm³/mol. The molecule has 0 saturated carbocycles. The van der Waals surface area contributed by atoms with Crippen LogP contribution in [0, 0.1) is 0 Å². The van der Waals surface area contributed by atoms with Gasteiger partial charge in [0.1, 0.15) is 7.14 Å². The summed E-state index contributed by atoms with van der Waals surface area (Å²) in [6.07, 6.45) is -0.375. The lowest BCUT2D eigenvalue weighted by Gasteiger charge is -2.06. The first-order chi connectivity index (χ1) is 11.1. The second-order valence-corrected chi connectivity index (χ2v) is 8.55. The maximum Gasteiger partial charge on any atom is 0.135 e. The molecule has 0 heterocycles. The summed E-state index contributed by atoms with van der Waals surface area (Å²) in [5.74, 6) is 0. The fourth-order valence-corrected chi connectivity index (χ4v) is 2.28. The van der Waals surface area contributed by atoms with Crippen LogP contribution in [0.1, 0.15) is 18.1 Å². The van der Waals surface area contributed by atoms with E-state index in [1.54, 1.807) is 6.92 Å². The summed E-state index contributed by atoms with van der Waals surface area (Å²) < 4.78 is 10.8. The van der Waals surface area contributed by atoms with Crippen molar-refractivity contribution in [2.45, 2.75) is 20.0 Å². The fourth-order valence-electron chi connectivity index (χ4n) is 1.79. The number of nitrogens with one attached hydrogen (secondary N) is 1. The molecule has 23 heavy (non-hydrogen) atoms. The molecule has 0 aliphatic heterocycles. The van der Waals surface area contributed by atoms with Gasteiger partial charge in [0.25, 0.3) is 0 Å². The van der Waals surface area contributed by atoms with Crippen LogP contribution in [0.4, 0.5) is 0 Å². The molecule has 5 heteroatoms. The Morgan fingerprint density at radius 1 is 0.826 bits per heavy atom. The molecule has 0 unspecified atom stereocenters. The van der Waals surface area contributed by atoms with Crippen molar-refractivity contribution in [2.75, 3.05) is 18.9 Å². The van der Waals surface area contributed by atoms with Gasteiger partial charge in [-0.25, -0.2) is 0 Å². The van der Waals surface area contributed by atoms with Crippen molar-refractivity contribution < 1.29 is 14.8 Å². The third-order valence-corrected chi connectivity index (χ3v) is 5.62. The van der Waals surface area contributed by atoms with E-state index in [9.17, 15) is 4.57 Å². The molecule has 0 spiro atoms. The maximum absolute atomic E-state index is 10.8. The molecule has 2 rings (SSSR count). The summed E-state index contributed by atoms with van der Waals surface area (Å²) >= 11 is 0. The highest BCUT2D eigenvalue weighted by atomic mass is 31.2. The molecular formula is C18H26NO3P. The average Bonchev–Trinajstić information content (AvgIpc) is 2.63. The van der Waals surface area contributed by atoms with E-state index in [2.05, 4.69) is 53.8 Å². The van der Waals surface area contributed by atoms with Crippen molar-refractivity contribution in [1.82, 2.24) is 5.32 Å². The van der Waals surface area contributed by atoms with Gasteiger partial charge in [0.15, 0.2) is 0 Å². The quantitative estimate of drug-likeness (QED) is 0.680. The number of rotatable bonds is 7. The lowest BCUT2D eigenvalue weighted by atomic mass is 10.2. The number of benzene rings is 2. The van der Waals surface area contributed by atoms with E-state index in [1.807, 2.05) is 12.1 Å². The first kappa shape index (κ1) is 19.6. The molecule has 0 aromatic heterocycles. The first-order valence-electron chi connectivity index (χ1n) is 7.71. The molecule has 0 atom stereocenters. The summed E-state index contributed by atoms with van der Waals surface area (Å²) in [5, 5.41) is 20.1. The molecular weight excluding hydrogens is 309 g/mol. The summed E-state index contributed by atoms with van der Waals surface area (Å²) in [6, 6.07) is 20.9. The van der Waals surface area contributed by atoms with Crippen LogP contribution < -0.4 is 5.32 Å². The van der Waals surface area contributed by atoms with Gasteiger partial charge in [-0.3, -0.25) is 0 Å². The van der Waals surface area contributed by atoms with Crippen LogP contribution in [0.15, 0.2) is 60.7 Å². The van der Waals surface area contributed by atoms with E-state index < -0.39 is 7.14 Å². The third-order valence-electron chi connectivity index (χ3n) is 3.44. The third kappa shape index (κ3) is 8.10. The van der Waals surface area contributed by atoms with Crippen LogP contribution in [0.2, 0.25) is 0 Å². The largest absolute Gasteiger partial charge is 0.389 e. The highest BCUT2D eigenvalue weighted by Crippen LogP contribution is 2.41. The monoisotopic (exact) mass is 335 g/mol. The SMILES string of the molecule is CCP(=O)(CO)CO.c1ccc(CNCc2ccccc2)cc1. The second-order valence-electron chi connectivity index (χ2n) is 5.23. The van der Waals surface area contributed by atoms with Gasteiger partial charge in [-0.15, -0.1) is 0 Å². The summed E-state index contributed by atoms with van der Waals surface area (Å²) in [6.45, 7) is 3.54. The number of aliphatic hydroxyl groups is 2. The van der Waals surface area contributed by atoms with Crippen LogP contribution in [0.3, 0.4) is 0 Å². The Kier molecular flexibility index (Phi) is 9.49. The number of hydrogen-bond donors (Lipinski definition) is 3. The molecule has 2 aromatic carbocycles. The van der Waals surface area contributed by atoms with Gasteiger partial charge in [-0.05, 0) is 11.1 Å². The van der Waals surface area contributed by atoms with E-state index in [0.29, 0.717) is 6.16 Å². The van der Waals surface area contributed by atoms with Crippen molar-refractivity contribution in [2.24, 2.45) is 0 Å². The molecule has 0 fully saturated rings. The Balaban J connectivity index is 0.000000284. The van der Waals surface area contributed by atoms with Gasteiger partial charge in [0.05, 0.1) is 12.7 Å². The minimum atomic E-state index is -2.55. The van der Waals surface area contributed by atoms with E-state index in [1.165, 1.54) is 11.1 Å². The lowest BCUT2D eigenvalue weighted by Crippen LogP contribution is -2.12. The van der Waals surface area contributed by atoms with Crippen molar-refractivity contribution in [1.29, 1.82) is 0 Å². The Hall–Kier alpha value is -1.45. The highest BCUT2D eigenvalue weighted by Gasteiger charge is 2.15. The van der Waals surface area contributed by atoms with E-state index >= 15 is 0 Å². The van der Waals surface area contributed by atoms with Gasteiger partial charge in [-0.2, -0.15) is 0 Å². The van der Waals surface area contributed by atoms with E-state index in [-0.39, 0.29) is 12.7 Å². The molecule has 0 aliphatic rings. The van der Waals surface area contributed by atoms with Gasteiger partial charge < -0.3 is 20.1 Å². The molecule has 0 saturated heterocycles. The highest BCUT2D eigenvalue weighted by molar-refractivity contribution is 7.63.